The fraction of sp³-hybridized carbons (Fsp3) is 0.200. The molecular formula is C10H12BrN5O3S. The molecule has 10 heteroatoms. The summed E-state index contributed by atoms with van der Waals surface area (Å²) < 4.78 is 32.3. The average molecular weight is 362 g/mol. The van der Waals surface area contributed by atoms with E-state index in [4.69, 9.17) is 10.4 Å². The van der Waals surface area contributed by atoms with Crippen molar-refractivity contribution in [1.82, 2.24) is 14.9 Å². The van der Waals surface area contributed by atoms with Crippen LogP contribution in [0.4, 0.5) is 5.82 Å². The second-order valence-electron chi connectivity index (χ2n) is 3.90. The highest BCUT2D eigenvalue weighted by atomic mass is 79.9. The van der Waals surface area contributed by atoms with E-state index in [-0.39, 0.29) is 17.3 Å². The summed E-state index contributed by atoms with van der Waals surface area (Å²) in [5.41, 5.74) is 2.92. The van der Waals surface area contributed by atoms with Crippen LogP contribution in [-0.2, 0) is 16.6 Å². The Bertz CT molecular complexity index is 715. The van der Waals surface area contributed by atoms with E-state index in [9.17, 15) is 8.42 Å². The molecule has 0 aliphatic rings. The molecule has 0 bridgehead atoms. The van der Waals surface area contributed by atoms with Crippen LogP contribution in [-0.4, -0.2) is 18.6 Å². The molecule has 0 fully saturated rings. The third-order valence-electron chi connectivity index (χ3n) is 2.36. The van der Waals surface area contributed by atoms with Crippen LogP contribution in [0.25, 0.3) is 0 Å². The first-order valence-electron chi connectivity index (χ1n) is 5.46. The largest absolute Gasteiger partial charge is 0.360 e. The van der Waals surface area contributed by atoms with Crippen molar-refractivity contribution in [3.8, 4) is 0 Å². The normalized spacial score (nSPS) is 11.6. The first kappa shape index (κ1) is 14.9. The lowest BCUT2D eigenvalue weighted by molar-refractivity contribution is 0.377. The topological polar surface area (TPSA) is 123 Å². The Morgan fingerprint density at radius 1 is 1.45 bits per heavy atom. The van der Waals surface area contributed by atoms with Gasteiger partial charge in [-0.05, 0) is 28.9 Å². The van der Waals surface area contributed by atoms with Crippen LogP contribution in [0.15, 0.2) is 32.2 Å². The number of aryl methyl sites for hydroxylation is 1. The highest BCUT2D eigenvalue weighted by Crippen LogP contribution is 2.22. The number of hydrogen-bond donors (Lipinski definition) is 3. The molecule has 8 nitrogen and oxygen atoms in total. The maximum atomic E-state index is 12.2. The van der Waals surface area contributed by atoms with Gasteiger partial charge >= 0.3 is 0 Å². The molecule has 0 radical (unpaired) electrons. The zero-order valence-electron chi connectivity index (χ0n) is 10.4. The highest BCUT2D eigenvalue weighted by molar-refractivity contribution is 9.10. The Balaban J connectivity index is 2.24. The third-order valence-corrected chi connectivity index (χ3v) is 4.21. The van der Waals surface area contributed by atoms with Gasteiger partial charge in [0.2, 0.25) is 10.0 Å². The Morgan fingerprint density at radius 2 is 2.20 bits per heavy atom. The molecule has 2 aromatic rings. The SMILES string of the molecule is Cc1cc(CNS(=O)(=O)c2cc(Br)cnc2NN)on1. The molecule has 2 heterocycles. The number of sulfonamides is 1. The number of halogens is 1. The quantitative estimate of drug-likeness (QED) is 0.533. The van der Waals surface area contributed by atoms with Crippen LogP contribution < -0.4 is 16.0 Å². The number of pyridine rings is 1. The van der Waals surface area contributed by atoms with E-state index in [1.807, 2.05) is 0 Å². The summed E-state index contributed by atoms with van der Waals surface area (Å²) in [6.07, 6.45) is 1.44. The van der Waals surface area contributed by atoms with Crippen molar-refractivity contribution in [2.75, 3.05) is 5.43 Å². The van der Waals surface area contributed by atoms with Crippen LogP contribution in [0, 0.1) is 6.92 Å². The van der Waals surface area contributed by atoms with Gasteiger partial charge in [-0.25, -0.2) is 24.0 Å². The molecule has 20 heavy (non-hydrogen) atoms. The number of nitrogens with one attached hydrogen (secondary N) is 2. The fourth-order valence-corrected chi connectivity index (χ4v) is 3.10. The lowest BCUT2D eigenvalue weighted by Crippen LogP contribution is -2.25. The molecule has 2 rings (SSSR count). The zero-order chi connectivity index (χ0) is 14.8. The minimum absolute atomic E-state index is 0.0142. The molecular weight excluding hydrogens is 350 g/mol. The number of anilines is 1. The van der Waals surface area contributed by atoms with Gasteiger partial charge in [0.1, 0.15) is 4.90 Å². The predicted octanol–water partition coefficient (Wildman–Crippen LogP) is 0.905. The standard InChI is InChI=1S/C10H12BrN5O3S/c1-6-2-8(19-16-6)5-14-20(17,18)9-3-7(11)4-13-10(9)15-12/h2-4,14H,5,12H2,1H3,(H,13,15). The van der Waals surface area contributed by atoms with Crippen molar-refractivity contribution >= 4 is 31.8 Å². The number of nitrogens with zero attached hydrogens (tertiary/aromatic N) is 2. The summed E-state index contributed by atoms with van der Waals surface area (Å²) in [4.78, 5) is 3.82. The molecule has 0 saturated heterocycles. The number of nitrogens with two attached hydrogens (primary N) is 1. The van der Waals surface area contributed by atoms with Gasteiger partial charge in [0, 0.05) is 16.7 Å². The second-order valence-corrected chi connectivity index (χ2v) is 6.55. The van der Waals surface area contributed by atoms with Gasteiger partial charge in [-0.15, -0.1) is 0 Å². The van der Waals surface area contributed by atoms with Crippen molar-refractivity contribution in [3.63, 3.8) is 0 Å². The lowest BCUT2D eigenvalue weighted by Gasteiger charge is -2.09. The molecule has 0 aliphatic heterocycles. The van der Waals surface area contributed by atoms with E-state index in [0.717, 1.165) is 0 Å². The van der Waals surface area contributed by atoms with Crippen molar-refractivity contribution in [1.29, 1.82) is 0 Å². The van der Waals surface area contributed by atoms with Gasteiger partial charge in [0.15, 0.2) is 11.6 Å². The third kappa shape index (κ3) is 3.33. The summed E-state index contributed by atoms with van der Waals surface area (Å²) in [7, 11) is -3.79. The Kier molecular flexibility index (Phi) is 4.38. The van der Waals surface area contributed by atoms with E-state index in [2.05, 4.69) is 36.2 Å². The van der Waals surface area contributed by atoms with E-state index in [1.165, 1.54) is 12.3 Å². The van der Waals surface area contributed by atoms with E-state index >= 15 is 0 Å². The van der Waals surface area contributed by atoms with E-state index in [1.54, 1.807) is 13.0 Å². The molecule has 0 unspecified atom stereocenters. The number of hydrazine groups is 1. The summed E-state index contributed by atoms with van der Waals surface area (Å²) in [6, 6.07) is 3.04. The predicted molar refractivity (Wildman–Crippen MR) is 75.0 cm³/mol. The summed E-state index contributed by atoms with van der Waals surface area (Å²) >= 11 is 3.17. The molecule has 0 atom stereocenters. The minimum Gasteiger partial charge on any atom is -0.360 e. The van der Waals surface area contributed by atoms with Gasteiger partial charge in [0.05, 0.1) is 12.2 Å². The zero-order valence-corrected chi connectivity index (χ0v) is 12.8. The molecule has 0 aliphatic carbocycles. The minimum atomic E-state index is -3.79. The van der Waals surface area contributed by atoms with E-state index < -0.39 is 10.0 Å². The maximum Gasteiger partial charge on any atom is 0.244 e. The maximum absolute atomic E-state index is 12.2. The van der Waals surface area contributed by atoms with Gasteiger partial charge in [0.25, 0.3) is 0 Å². The Morgan fingerprint density at radius 3 is 2.80 bits per heavy atom. The molecule has 0 spiro atoms. The first-order chi connectivity index (χ1) is 9.42. The molecule has 0 aromatic carbocycles. The Hall–Kier alpha value is -1.49. The number of rotatable bonds is 5. The van der Waals surface area contributed by atoms with Gasteiger partial charge in [-0.3, -0.25) is 0 Å². The summed E-state index contributed by atoms with van der Waals surface area (Å²) in [6.45, 7) is 1.73. The van der Waals surface area contributed by atoms with Crippen molar-refractivity contribution in [2.45, 2.75) is 18.4 Å². The fourth-order valence-electron chi connectivity index (χ4n) is 1.48. The first-order valence-corrected chi connectivity index (χ1v) is 7.74. The lowest BCUT2D eigenvalue weighted by atomic mass is 10.4. The smallest absolute Gasteiger partial charge is 0.244 e. The van der Waals surface area contributed by atoms with Crippen LogP contribution in [0.5, 0.6) is 0 Å². The monoisotopic (exact) mass is 361 g/mol. The number of nitrogen functional groups attached to an aromatic ring is 1. The van der Waals surface area contributed by atoms with Crippen LogP contribution >= 0.6 is 15.9 Å². The second kappa shape index (κ2) is 5.87. The van der Waals surface area contributed by atoms with Gasteiger partial charge in [-0.2, -0.15) is 0 Å². The summed E-state index contributed by atoms with van der Waals surface area (Å²) in [5.74, 6) is 5.72. The molecule has 4 N–H and O–H groups in total. The molecule has 0 amide bonds. The average Bonchev–Trinajstić information content (AvgIpc) is 2.82. The van der Waals surface area contributed by atoms with Crippen LogP contribution in [0.1, 0.15) is 11.5 Å². The molecule has 0 saturated carbocycles. The van der Waals surface area contributed by atoms with Gasteiger partial charge < -0.3 is 9.95 Å². The highest BCUT2D eigenvalue weighted by Gasteiger charge is 2.20. The number of hydrogen-bond acceptors (Lipinski definition) is 7. The molecule has 108 valence electrons. The number of aromatic nitrogens is 2. The van der Waals surface area contributed by atoms with Crippen LogP contribution in [0.3, 0.4) is 0 Å². The summed E-state index contributed by atoms with van der Waals surface area (Å²) in [5, 5.41) is 3.68. The van der Waals surface area contributed by atoms with Crippen molar-refractivity contribution in [2.24, 2.45) is 5.84 Å². The van der Waals surface area contributed by atoms with Crippen molar-refractivity contribution in [3.05, 3.63) is 34.3 Å². The van der Waals surface area contributed by atoms with Crippen LogP contribution in [0.2, 0.25) is 0 Å². The molecule has 2 aromatic heterocycles. The van der Waals surface area contributed by atoms with Gasteiger partial charge in [-0.1, -0.05) is 5.16 Å². The van der Waals surface area contributed by atoms with E-state index in [0.29, 0.717) is 15.9 Å². The van der Waals surface area contributed by atoms with Crippen molar-refractivity contribution < 1.29 is 12.9 Å². The Labute approximate surface area is 123 Å².